The molecule has 288 valence electrons. The molecular formula is C40H59N3O9. The number of aliphatic hydroxyl groups is 1. The second kappa shape index (κ2) is 17.7. The zero-order chi connectivity index (χ0) is 37.5. The minimum absolute atomic E-state index is 0. The number of amides is 2. The third-order valence-corrected chi connectivity index (χ3v) is 10.7. The summed E-state index contributed by atoms with van der Waals surface area (Å²) in [6.45, 7) is 11.2. The lowest BCUT2D eigenvalue weighted by atomic mass is 9.79. The Balaban J connectivity index is 0.000000277. The predicted octanol–water partition coefficient (Wildman–Crippen LogP) is 4.91. The van der Waals surface area contributed by atoms with E-state index < -0.39 is 22.0 Å². The van der Waals surface area contributed by atoms with Crippen LogP contribution in [0, 0.1) is 10.8 Å². The molecule has 0 radical (unpaired) electrons. The van der Waals surface area contributed by atoms with Crippen LogP contribution in [0.15, 0.2) is 60.7 Å². The van der Waals surface area contributed by atoms with Gasteiger partial charge >= 0.3 is 11.9 Å². The number of benzene rings is 2. The van der Waals surface area contributed by atoms with Crippen molar-refractivity contribution in [3.8, 4) is 0 Å². The van der Waals surface area contributed by atoms with Gasteiger partial charge in [0.15, 0.2) is 0 Å². The summed E-state index contributed by atoms with van der Waals surface area (Å²) in [5.41, 5.74) is -0.875. The molecule has 0 aromatic heterocycles. The Morgan fingerprint density at radius 1 is 0.846 bits per heavy atom. The molecule has 4 atom stereocenters. The molecule has 2 amide bonds. The van der Waals surface area contributed by atoms with E-state index in [-0.39, 0.29) is 69.5 Å². The van der Waals surface area contributed by atoms with Crippen LogP contribution in [0.5, 0.6) is 0 Å². The summed E-state index contributed by atoms with van der Waals surface area (Å²) in [4.78, 5) is 53.1. The van der Waals surface area contributed by atoms with E-state index in [1.165, 1.54) is 14.2 Å². The molecule has 0 bridgehead atoms. The van der Waals surface area contributed by atoms with Crippen LogP contribution in [0.3, 0.4) is 0 Å². The number of piperidine rings is 1. The maximum absolute atomic E-state index is 12.8. The Hall–Kier alpha value is -4.00. The Morgan fingerprint density at radius 3 is 1.88 bits per heavy atom. The molecule has 2 aromatic carbocycles. The molecule has 52 heavy (non-hydrogen) atoms. The minimum Gasteiger partial charge on any atom is -0.469 e. The number of nitrogens with zero attached hydrogens (tertiary/aromatic N) is 2. The first-order chi connectivity index (χ1) is 24.2. The highest BCUT2D eigenvalue weighted by Gasteiger charge is 2.52. The van der Waals surface area contributed by atoms with Crippen LogP contribution in [0.2, 0.25) is 0 Å². The molecular weight excluding hydrogens is 666 g/mol. The lowest BCUT2D eigenvalue weighted by Crippen LogP contribution is -2.57. The summed E-state index contributed by atoms with van der Waals surface area (Å²) in [6, 6.07) is 19.5. The highest BCUT2D eigenvalue weighted by atomic mass is 16.5. The number of anilines is 2. The normalized spacial score (nSPS) is 26.8. The molecule has 2 aromatic rings. The lowest BCUT2D eigenvalue weighted by molar-refractivity contribution is -0.160. The number of methoxy groups -OCH3 is 2. The fourth-order valence-electron chi connectivity index (χ4n) is 7.48. The van der Waals surface area contributed by atoms with Crippen molar-refractivity contribution in [1.29, 1.82) is 0 Å². The minimum atomic E-state index is -0.944. The van der Waals surface area contributed by atoms with Gasteiger partial charge < -0.3 is 33.9 Å². The molecule has 0 saturated carbocycles. The zero-order valence-corrected chi connectivity index (χ0v) is 31.1. The average molecular weight is 726 g/mol. The number of para-hydroxylation sites is 2. The number of carbonyl (C=O) groups excluding carboxylic acids is 4. The standard InChI is InChI=1S/C21H31NO5.C18H24N2O4.CH4/c1-6-17-20(2,3)27-15-21(19(24)26-5,13-12-18(23)25-4)14-22(17)16-10-8-7-9-11-16;1-17(2)14(10-21)20(13-6-4-3-5-7-13)11-18(12-24-17)9-8-15(22)19-16(18)23;/h7-11,17H,6,12-15H2,1-5H3;3-7,14,21H,8-12H2,1-2H3,(H,19,22,23);1H4. The van der Waals surface area contributed by atoms with Crippen molar-refractivity contribution in [2.75, 3.05) is 56.9 Å². The van der Waals surface area contributed by atoms with Gasteiger partial charge in [-0.2, -0.15) is 0 Å². The van der Waals surface area contributed by atoms with Gasteiger partial charge in [-0.3, -0.25) is 24.5 Å². The summed E-state index contributed by atoms with van der Waals surface area (Å²) < 4.78 is 22.2. The second-order valence-corrected chi connectivity index (χ2v) is 14.8. The molecule has 3 fully saturated rings. The summed E-state index contributed by atoms with van der Waals surface area (Å²) in [5, 5.41) is 12.5. The average Bonchev–Trinajstić information content (AvgIpc) is 3.32. The number of hydrogen-bond acceptors (Lipinski definition) is 11. The summed E-state index contributed by atoms with van der Waals surface area (Å²) in [6.07, 6.45) is 2.06. The van der Waals surface area contributed by atoms with Crippen LogP contribution >= 0.6 is 0 Å². The third-order valence-electron chi connectivity index (χ3n) is 10.7. The van der Waals surface area contributed by atoms with E-state index in [1.807, 2.05) is 93.3 Å². The number of nitrogens with one attached hydrogen (secondary N) is 1. The van der Waals surface area contributed by atoms with Gasteiger partial charge in [-0.05, 0) is 71.2 Å². The van der Waals surface area contributed by atoms with Gasteiger partial charge in [-0.15, -0.1) is 0 Å². The first-order valence-electron chi connectivity index (χ1n) is 17.7. The topological polar surface area (TPSA) is 144 Å². The van der Waals surface area contributed by atoms with Crippen molar-refractivity contribution < 1.29 is 43.2 Å². The van der Waals surface area contributed by atoms with Crippen LogP contribution in [-0.4, -0.2) is 99.3 Å². The number of rotatable bonds is 8. The molecule has 12 heteroatoms. The van der Waals surface area contributed by atoms with Gasteiger partial charge in [0.2, 0.25) is 11.8 Å². The molecule has 12 nitrogen and oxygen atoms in total. The fraction of sp³-hybridized carbons (Fsp3) is 0.600. The highest BCUT2D eigenvalue weighted by molar-refractivity contribution is 6.01. The van der Waals surface area contributed by atoms with Crippen molar-refractivity contribution in [3.05, 3.63) is 60.7 Å². The second-order valence-electron chi connectivity index (χ2n) is 14.8. The van der Waals surface area contributed by atoms with E-state index in [0.717, 1.165) is 17.8 Å². The van der Waals surface area contributed by atoms with E-state index in [0.29, 0.717) is 32.4 Å². The number of ether oxygens (including phenoxy) is 4. The fourth-order valence-corrected chi connectivity index (χ4v) is 7.48. The summed E-state index contributed by atoms with van der Waals surface area (Å²) in [7, 11) is 2.73. The van der Waals surface area contributed by atoms with E-state index in [9.17, 15) is 24.3 Å². The van der Waals surface area contributed by atoms with Crippen molar-refractivity contribution in [1.82, 2.24) is 5.32 Å². The first-order valence-corrected chi connectivity index (χ1v) is 17.7. The lowest BCUT2D eigenvalue weighted by Gasteiger charge is -2.41. The third kappa shape index (κ3) is 9.31. The van der Waals surface area contributed by atoms with Gasteiger partial charge in [0.05, 0.1) is 62.7 Å². The molecule has 0 aliphatic carbocycles. The van der Waals surface area contributed by atoms with Gasteiger partial charge in [-0.25, -0.2) is 0 Å². The number of hydrogen-bond donors (Lipinski definition) is 2. The van der Waals surface area contributed by atoms with Crippen molar-refractivity contribution in [2.45, 2.75) is 97.4 Å². The molecule has 3 saturated heterocycles. The molecule has 3 aliphatic heterocycles. The molecule has 1 spiro atoms. The maximum Gasteiger partial charge on any atom is 0.315 e. The summed E-state index contributed by atoms with van der Waals surface area (Å²) >= 11 is 0. The molecule has 4 unspecified atom stereocenters. The monoisotopic (exact) mass is 725 g/mol. The van der Waals surface area contributed by atoms with Gasteiger partial charge in [-0.1, -0.05) is 50.7 Å². The predicted molar refractivity (Wildman–Crippen MR) is 200 cm³/mol. The smallest absolute Gasteiger partial charge is 0.315 e. The van der Waals surface area contributed by atoms with Crippen LogP contribution in [0.1, 0.15) is 74.1 Å². The molecule has 3 heterocycles. The Morgan fingerprint density at radius 2 is 1.38 bits per heavy atom. The van der Waals surface area contributed by atoms with Crippen LogP contribution in [-0.2, 0) is 38.1 Å². The molecule has 3 aliphatic rings. The van der Waals surface area contributed by atoms with E-state index in [4.69, 9.17) is 18.9 Å². The van der Waals surface area contributed by atoms with Crippen LogP contribution < -0.4 is 15.1 Å². The van der Waals surface area contributed by atoms with E-state index in [2.05, 4.69) is 17.1 Å². The van der Waals surface area contributed by atoms with Crippen molar-refractivity contribution in [3.63, 3.8) is 0 Å². The van der Waals surface area contributed by atoms with E-state index >= 15 is 0 Å². The number of carbonyl (C=O) groups is 4. The van der Waals surface area contributed by atoms with Gasteiger partial charge in [0.1, 0.15) is 5.41 Å². The number of imide groups is 1. The highest BCUT2D eigenvalue weighted by Crippen LogP contribution is 2.41. The van der Waals surface area contributed by atoms with Crippen LogP contribution in [0.4, 0.5) is 11.4 Å². The number of aliphatic hydroxyl groups excluding tert-OH is 1. The van der Waals surface area contributed by atoms with Crippen molar-refractivity contribution >= 4 is 35.1 Å². The van der Waals surface area contributed by atoms with Crippen molar-refractivity contribution in [2.24, 2.45) is 10.8 Å². The summed E-state index contributed by atoms with van der Waals surface area (Å²) in [5.74, 6) is -1.23. The Labute approximate surface area is 309 Å². The maximum atomic E-state index is 12.8. The molecule has 5 rings (SSSR count). The molecule has 2 N–H and O–H groups in total. The van der Waals surface area contributed by atoms with Crippen LogP contribution in [0.25, 0.3) is 0 Å². The van der Waals surface area contributed by atoms with E-state index in [1.54, 1.807) is 0 Å². The van der Waals surface area contributed by atoms with Gasteiger partial charge in [0, 0.05) is 37.3 Å². The van der Waals surface area contributed by atoms with Gasteiger partial charge in [0.25, 0.3) is 0 Å². The largest absolute Gasteiger partial charge is 0.469 e. The Kier molecular flexibility index (Phi) is 14.4. The zero-order valence-electron chi connectivity index (χ0n) is 31.1. The first kappa shape index (κ1) is 42.4. The Bertz CT molecular complexity index is 1500. The quantitative estimate of drug-likeness (QED) is 0.283. The number of esters is 2. The SMILES string of the molecule is C.CC1(C)OCC2(CCC(=O)NC2=O)CN(c2ccccc2)C1CO.CCC1N(c2ccccc2)CC(CCC(=O)OC)(C(=O)OC)COC1(C)C.